The Morgan fingerprint density at radius 3 is 2.03 bits per heavy atom. The minimum atomic E-state index is -4.58. The van der Waals surface area contributed by atoms with Gasteiger partial charge in [-0.05, 0) is 36.8 Å². The maximum atomic E-state index is 13.0. The second-order valence-corrected chi connectivity index (χ2v) is 7.75. The Kier molecular flexibility index (Phi) is 5.80. The molecule has 0 saturated heterocycles. The summed E-state index contributed by atoms with van der Waals surface area (Å²) in [6.07, 6.45) is 0. The predicted octanol–water partition coefficient (Wildman–Crippen LogP) is 0.471. The van der Waals surface area contributed by atoms with Gasteiger partial charge in [0, 0.05) is 16.7 Å². The second kappa shape index (κ2) is 7.85. The van der Waals surface area contributed by atoms with Crippen molar-refractivity contribution in [3.8, 4) is 11.5 Å². The zero-order chi connectivity index (χ0) is 20.1. The number of benzene rings is 3. The zero-order valence-electron chi connectivity index (χ0n) is 15.6. The van der Waals surface area contributed by atoms with E-state index in [2.05, 4.69) is 0 Å². The van der Waals surface area contributed by atoms with Crippen LogP contribution in [0.5, 0.6) is 11.5 Å². The number of hydrogen-bond donors (Lipinski definition) is 0. The molecule has 8 heteroatoms. The summed E-state index contributed by atoms with van der Waals surface area (Å²) >= 11 is 0. The van der Waals surface area contributed by atoms with E-state index in [-0.39, 0.29) is 68.6 Å². The van der Waals surface area contributed by atoms with Gasteiger partial charge in [0.1, 0.15) is 21.6 Å². The number of fused-ring (bicyclic) bond motifs is 2. The van der Waals surface area contributed by atoms with E-state index in [1.165, 1.54) is 12.1 Å². The number of ketones is 2. The maximum absolute atomic E-state index is 13.0. The van der Waals surface area contributed by atoms with E-state index in [1.807, 2.05) is 0 Å². The summed E-state index contributed by atoms with van der Waals surface area (Å²) in [5, 5.41) is 0. The molecule has 0 amide bonds. The molecular formula is C21H13NaO6S. The molecule has 6 nitrogen and oxygen atoms in total. The van der Waals surface area contributed by atoms with Crippen molar-refractivity contribution in [1.82, 2.24) is 0 Å². The first kappa shape index (κ1) is 21.4. The van der Waals surface area contributed by atoms with Gasteiger partial charge in [-0.25, -0.2) is 8.42 Å². The molecule has 0 saturated carbocycles. The Hall–Kier alpha value is -2.29. The predicted molar refractivity (Wildman–Crippen MR) is 99.0 cm³/mol. The fourth-order valence-corrected chi connectivity index (χ4v) is 3.76. The molecule has 0 spiro atoms. The molecule has 3 aromatic carbocycles. The molecule has 0 fully saturated rings. The molecule has 1 aliphatic carbocycles. The third-order valence-electron chi connectivity index (χ3n) is 4.57. The molecule has 0 heterocycles. The van der Waals surface area contributed by atoms with Crippen LogP contribution in [0.2, 0.25) is 0 Å². The van der Waals surface area contributed by atoms with Crippen LogP contribution in [-0.4, -0.2) is 24.5 Å². The van der Waals surface area contributed by atoms with E-state index in [0.717, 1.165) is 6.07 Å². The van der Waals surface area contributed by atoms with Crippen LogP contribution in [0.15, 0.2) is 65.6 Å². The molecule has 0 radical (unpaired) electrons. The van der Waals surface area contributed by atoms with E-state index in [9.17, 15) is 22.6 Å². The summed E-state index contributed by atoms with van der Waals surface area (Å²) in [4.78, 5) is 25.4. The van der Waals surface area contributed by atoms with Crippen LogP contribution in [0.25, 0.3) is 0 Å². The van der Waals surface area contributed by atoms with Gasteiger partial charge in [-0.1, -0.05) is 36.4 Å². The van der Waals surface area contributed by atoms with Gasteiger partial charge in [-0.3, -0.25) is 9.59 Å². The summed E-state index contributed by atoms with van der Waals surface area (Å²) in [7, 11) is -4.58. The second-order valence-electron chi connectivity index (χ2n) is 6.37. The molecule has 29 heavy (non-hydrogen) atoms. The van der Waals surface area contributed by atoms with Crippen molar-refractivity contribution in [3.05, 3.63) is 88.5 Å². The average Bonchev–Trinajstić information content (AvgIpc) is 2.67. The van der Waals surface area contributed by atoms with E-state index in [0.29, 0.717) is 16.7 Å². The van der Waals surface area contributed by atoms with Crippen LogP contribution in [-0.2, 0) is 10.1 Å². The van der Waals surface area contributed by atoms with Crippen LogP contribution in [0.3, 0.4) is 0 Å². The van der Waals surface area contributed by atoms with E-state index in [4.69, 9.17) is 4.74 Å². The molecule has 0 atom stereocenters. The average molecular weight is 416 g/mol. The standard InChI is InChI=1S/C21H14O6S.Na/c1-12-11-13(28(24,25)26)9-10-17(12)27-18-8-4-7-16-19(18)21(23)15-6-3-2-5-14(15)20(16)22;/h2-11H,1H3,(H,24,25,26);/q;+1/p-1. The van der Waals surface area contributed by atoms with Gasteiger partial charge in [-0.15, -0.1) is 0 Å². The van der Waals surface area contributed by atoms with Crippen molar-refractivity contribution in [2.24, 2.45) is 0 Å². The fraction of sp³-hybridized carbons (Fsp3) is 0.0476. The number of ether oxygens (including phenoxy) is 1. The molecule has 3 aromatic rings. The topological polar surface area (TPSA) is 101 Å². The molecule has 0 aliphatic heterocycles. The molecule has 0 bridgehead atoms. The van der Waals surface area contributed by atoms with Gasteiger partial charge in [0.05, 0.1) is 10.5 Å². The van der Waals surface area contributed by atoms with Crippen molar-refractivity contribution < 1.29 is 56.9 Å². The normalized spacial score (nSPS) is 12.6. The number of aryl methyl sites for hydroxylation is 1. The first-order valence-corrected chi connectivity index (χ1v) is 9.74. The fourth-order valence-electron chi connectivity index (χ4n) is 3.21. The van der Waals surface area contributed by atoms with Crippen LogP contribution in [0.4, 0.5) is 0 Å². The van der Waals surface area contributed by atoms with Gasteiger partial charge in [-0.2, -0.15) is 0 Å². The van der Waals surface area contributed by atoms with Crippen molar-refractivity contribution in [2.45, 2.75) is 11.8 Å². The minimum Gasteiger partial charge on any atom is -0.744 e. The number of hydrogen-bond acceptors (Lipinski definition) is 6. The Labute approximate surface area is 189 Å². The van der Waals surface area contributed by atoms with Crippen LogP contribution in [0.1, 0.15) is 37.4 Å². The summed E-state index contributed by atoms with van der Waals surface area (Å²) in [5.74, 6) is -0.122. The molecule has 0 N–H and O–H groups in total. The van der Waals surface area contributed by atoms with Crippen molar-refractivity contribution in [3.63, 3.8) is 0 Å². The van der Waals surface area contributed by atoms with Crippen LogP contribution >= 0.6 is 0 Å². The Balaban J connectivity index is 0.00000240. The van der Waals surface area contributed by atoms with Crippen LogP contribution in [0, 0.1) is 6.92 Å². The van der Waals surface area contributed by atoms with Crippen molar-refractivity contribution in [1.29, 1.82) is 0 Å². The van der Waals surface area contributed by atoms with Gasteiger partial charge >= 0.3 is 29.6 Å². The SMILES string of the molecule is Cc1cc(S(=O)(=O)[O-])ccc1Oc1cccc2c1C(=O)c1ccccc1C2=O.[Na+]. The minimum absolute atomic E-state index is 0. The monoisotopic (exact) mass is 416 g/mol. The largest absolute Gasteiger partial charge is 1.00 e. The van der Waals surface area contributed by atoms with Gasteiger partial charge in [0.2, 0.25) is 0 Å². The third-order valence-corrected chi connectivity index (χ3v) is 5.40. The maximum Gasteiger partial charge on any atom is 1.00 e. The third kappa shape index (κ3) is 3.80. The Bertz CT molecular complexity index is 1260. The first-order chi connectivity index (χ1) is 13.3. The first-order valence-electron chi connectivity index (χ1n) is 8.33. The van der Waals surface area contributed by atoms with E-state index < -0.39 is 10.1 Å². The summed E-state index contributed by atoms with van der Waals surface area (Å²) < 4.78 is 39.3. The van der Waals surface area contributed by atoms with Crippen molar-refractivity contribution >= 4 is 21.7 Å². The number of carbonyl (C=O) groups is 2. The Morgan fingerprint density at radius 2 is 1.41 bits per heavy atom. The van der Waals surface area contributed by atoms with Crippen LogP contribution < -0.4 is 34.3 Å². The van der Waals surface area contributed by atoms with Gasteiger partial charge in [0.15, 0.2) is 11.6 Å². The van der Waals surface area contributed by atoms with Crippen molar-refractivity contribution in [2.75, 3.05) is 0 Å². The quantitative estimate of drug-likeness (QED) is 0.356. The number of rotatable bonds is 3. The molecule has 1 aliphatic rings. The summed E-state index contributed by atoms with van der Waals surface area (Å²) in [6, 6.07) is 15.0. The Morgan fingerprint density at radius 1 is 0.793 bits per heavy atom. The zero-order valence-corrected chi connectivity index (χ0v) is 18.4. The summed E-state index contributed by atoms with van der Waals surface area (Å²) in [6.45, 7) is 1.58. The smallest absolute Gasteiger partial charge is 0.744 e. The van der Waals surface area contributed by atoms with E-state index in [1.54, 1.807) is 49.4 Å². The van der Waals surface area contributed by atoms with E-state index >= 15 is 0 Å². The van der Waals surface area contributed by atoms with Gasteiger partial charge in [0.25, 0.3) is 0 Å². The molecular weight excluding hydrogens is 403 g/mol. The summed E-state index contributed by atoms with van der Waals surface area (Å²) in [5.41, 5.74) is 1.46. The molecule has 0 aromatic heterocycles. The molecule has 4 rings (SSSR count). The molecule has 0 unspecified atom stereocenters. The molecule has 140 valence electrons. The number of carbonyl (C=O) groups excluding carboxylic acids is 2. The van der Waals surface area contributed by atoms with Gasteiger partial charge < -0.3 is 9.29 Å².